The summed E-state index contributed by atoms with van der Waals surface area (Å²) in [5.74, 6) is -0.617. The fourth-order valence-electron chi connectivity index (χ4n) is 2.12. The summed E-state index contributed by atoms with van der Waals surface area (Å²) in [4.78, 5) is 23.7. The van der Waals surface area contributed by atoms with Crippen molar-refractivity contribution >= 4 is 17.6 Å². The van der Waals surface area contributed by atoms with E-state index in [1.165, 1.54) is 0 Å². The monoisotopic (exact) mass is 288 g/mol. The molecule has 0 heterocycles. The van der Waals surface area contributed by atoms with Crippen molar-refractivity contribution < 1.29 is 14.3 Å². The number of rotatable bonds is 5. The quantitative estimate of drug-likeness (QED) is 0.642. The first kappa shape index (κ1) is 15.3. The van der Waals surface area contributed by atoms with Crippen LogP contribution in [0.4, 0.5) is 5.69 Å². The van der Waals surface area contributed by atoms with E-state index >= 15 is 0 Å². The fraction of sp³-hybridized carbons (Fsp3) is 0.375. The van der Waals surface area contributed by atoms with Crippen LogP contribution in [0, 0.1) is 5.92 Å². The molecule has 1 amide bonds. The minimum atomic E-state index is -0.348. The highest BCUT2D eigenvalue weighted by Crippen LogP contribution is 2.19. The molecule has 0 bridgehead atoms. The topological polar surface area (TPSA) is 81.4 Å². The molecule has 1 aliphatic carbocycles. The second-order valence-corrected chi connectivity index (χ2v) is 5.09. The molecule has 2 rings (SSSR count). The third-order valence-electron chi connectivity index (χ3n) is 3.28. The Labute approximate surface area is 124 Å². The second-order valence-electron chi connectivity index (χ2n) is 5.09. The van der Waals surface area contributed by atoms with Gasteiger partial charge in [-0.1, -0.05) is 19.1 Å². The highest BCUT2D eigenvalue weighted by Gasteiger charge is 2.22. The Bertz CT molecular complexity index is 537. The number of nitrogens with two attached hydrogens (primary N) is 1. The van der Waals surface area contributed by atoms with Crippen LogP contribution in [0.15, 0.2) is 36.4 Å². The number of carbonyl (C=O) groups is 2. The Balaban J connectivity index is 1.92. The lowest BCUT2D eigenvalue weighted by Crippen LogP contribution is -2.24. The standard InChI is InChI=1S/C16H20N2O3/c1-2-9-21-16(20)11-4-7-14(8-5-11)18-15(19)12-3-6-13(17)10-12/h3-8,12-13H,2,9-10,17H2,1H3,(H,18,19). The number of nitrogens with one attached hydrogen (secondary N) is 1. The van der Waals surface area contributed by atoms with Crippen molar-refractivity contribution in [2.75, 3.05) is 11.9 Å². The molecule has 5 heteroatoms. The summed E-state index contributed by atoms with van der Waals surface area (Å²) in [6.45, 7) is 2.35. The van der Waals surface area contributed by atoms with Crippen molar-refractivity contribution in [2.24, 2.45) is 11.7 Å². The van der Waals surface area contributed by atoms with Gasteiger partial charge >= 0.3 is 5.97 Å². The van der Waals surface area contributed by atoms with E-state index in [0.717, 1.165) is 6.42 Å². The van der Waals surface area contributed by atoms with Gasteiger partial charge in [0.2, 0.25) is 5.91 Å². The number of ether oxygens (including phenoxy) is 1. The molecule has 0 fully saturated rings. The van der Waals surface area contributed by atoms with E-state index in [0.29, 0.717) is 24.3 Å². The van der Waals surface area contributed by atoms with Gasteiger partial charge in [-0.2, -0.15) is 0 Å². The molecule has 5 nitrogen and oxygen atoms in total. The first-order valence-corrected chi connectivity index (χ1v) is 7.12. The zero-order chi connectivity index (χ0) is 15.2. The van der Waals surface area contributed by atoms with Gasteiger partial charge in [0, 0.05) is 11.7 Å². The van der Waals surface area contributed by atoms with Crippen molar-refractivity contribution in [3.05, 3.63) is 42.0 Å². The maximum absolute atomic E-state index is 12.0. The van der Waals surface area contributed by atoms with Gasteiger partial charge in [0.25, 0.3) is 0 Å². The van der Waals surface area contributed by atoms with E-state index < -0.39 is 0 Å². The Morgan fingerprint density at radius 1 is 1.29 bits per heavy atom. The van der Waals surface area contributed by atoms with Gasteiger partial charge in [-0.05, 0) is 37.1 Å². The highest BCUT2D eigenvalue weighted by atomic mass is 16.5. The number of hydrogen-bond acceptors (Lipinski definition) is 4. The van der Waals surface area contributed by atoms with E-state index in [4.69, 9.17) is 10.5 Å². The van der Waals surface area contributed by atoms with Gasteiger partial charge in [-0.15, -0.1) is 0 Å². The average Bonchev–Trinajstić information content (AvgIpc) is 2.92. The van der Waals surface area contributed by atoms with Crippen LogP contribution in [0.1, 0.15) is 30.1 Å². The molecule has 1 aromatic rings. The molecule has 0 aromatic heterocycles. The maximum Gasteiger partial charge on any atom is 0.338 e. The number of benzene rings is 1. The molecule has 0 saturated carbocycles. The van der Waals surface area contributed by atoms with Crippen molar-refractivity contribution in [3.8, 4) is 0 Å². The van der Waals surface area contributed by atoms with E-state index in [9.17, 15) is 9.59 Å². The molecule has 3 N–H and O–H groups in total. The molecule has 1 aromatic carbocycles. The van der Waals surface area contributed by atoms with Gasteiger partial charge in [0.1, 0.15) is 0 Å². The lowest BCUT2D eigenvalue weighted by Gasteiger charge is -2.11. The van der Waals surface area contributed by atoms with E-state index in [2.05, 4.69) is 5.32 Å². The third kappa shape index (κ3) is 4.16. The Kier molecular flexibility index (Phi) is 5.11. The molecule has 0 aliphatic heterocycles. The maximum atomic E-state index is 12.0. The van der Waals surface area contributed by atoms with Crippen molar-refractivity contribution in [1.29, 1.82) is 0 Å². The third-order valence-corrected chi connectivity index (χ3v) is 3.28. The second kappa shape index (κ2) is 7.04. The van der Waals surface area contributed by atoms with Crippen molar-refractivity contribution in [3.63, 3.8) is 0 Å². The number of anilines is 1. The Morgan fingerprint density at radius 2 is 2.00 bits per heavy atom. The molecule has 1 aliphatic rings. The molecule has 0 spiro atoms. The fourth-order valence-corrected chi connectivity index (χ4v) is 2.12. The molecule has 21 heavy (non-hydrogen) atoms. The first-order chi connectivity index (χ1) is 10.1. The summed E-state index contributed by atoms with van der Waals surface area (Å²) in [5.41, 5.74) is 6.86. The zero-order valence-corrected chi connectivity index (χ0v) is 12.0. The minimum Gasteiger partial charge on any atom is -0.462 e. The van der Waals surface area contributed by atoms with Crippen LogP contribution in [0.3, 0.4) is 0 Å². The lowest BCUT2D eigenvalue weighted by atomic mass is 10.1. The molecule has 2 atom stereocenters. The zero-order valence-electron chi connectivity index (χ0n) is 12.0. The smallest absolute Gasteiger partial charge is 0.338 e. The Hall–Kier alpha value is -2.14. The largest absolute Gasteiger partial charge is 0.462 e. The lowest BCUT2D eigenvalue weighted by molar-refractivity contribution is -0.118. The predicted molar refractivity (Wildman–Crippen MR) is 80.9 cm³/mol. The number of hydrogen-bond donors (Lipinski definition) is 2. The normalized spacial score (nSPS) is 20.3. The van der Waals surface area contributed by atoms with Gasteiger partial charge in [0.15, 0.2) is 0 Å². The first-order valence-electron chi connectivity index (χ1n) is 7.12. The van der Waals surface area contributed by atoms with Crippen LogP contribution in [0.5, 0.6) is 0 Å². The average molecular weight is 288 g/mol. The van der Waals surface area contributed by atoms with Crippen LogP contribution < -0.4 is 11.1 Å². The van der Waals surface area contributed by atoms with Gasteiger partial charge < -0.3 is 15.8 Å². The van der Waals surface area contributed by atoms with Gasteiger partial charge in [0.05, 0.1) is 18.1 Å². The molecular weight excluding hydrogens is 268 g/mol. The van der Waals surface area contributed by atoms with Crippen LogP contribution in [0.2, 0.25) is 0 Å². The van der Waals surface area contributed by atoms with Gasteiger partial charge in [-0.3, -0.25) is 4.79 Å². The van der Waals surface area contributed by atoms with E-state index in [1.807, 2.05) is 19.1 Å². The van der Waals surface area contributed by atoms with E-state index in [-0.39, 0.29) is 23.8 Å². The van der Waals surface area contributed by atoms with Crippen molar-refractivity contribution in [2.45, 2.75) is 25.8 Å². The molecule has 0 saturated heterocycles. The van der Waals surface area contributed by atoms with Crippen LogP contribution in [0.25, 0.3) is 0 Å². The summed E-state index contributed by atoms with van der Waals surface area (Å²) in [6.07, 6.45) is 5.09. The summed E-state index contributed by atoms with van der Waals surface area (Å²) in [5, 5.41) is 2.82. The molecular formula is C16H20N2O3. The highest BCUT2D eigenvalue weighted by molar-refractivity contribution is 5.95. The SMILES string of the molecule is CCCOC(=O)c1ccc(NC(=O)C2C=CC(N)C2)cc1. The van der Waals surface area contributed by atoms with Crippen LogP contribution in [-0.4, -0.2) is 24.5 Å². The summed E-state index contributed by atoms with van der Waals surface area (Å²) in [7, 11) is 0. The number of esters is 1. The van der Waals surface area contributed by atoms with E-state index in [1.54, 1.807) is 24.3 Å². The van der Waals surface area contributed by atoms with Crippen molar-refractivity contribution in [1.82, 2.24) is 0 Å². The molecule has 112 valence electrons. The summed E-state index contributed by atoms with van der Waals surface area (Å²) < 4.78 is 5.04. The van der Waals surface area contributed by atoms with Crippen LogP contribution in [-0.2, 0) is 9.53 Å². The molecule has 0 radical (unpaired) electrons. The molecule has 2 unspecified atom stereocenters. The summed E-state index contributed by atoms with van der Waals surface area (Å²) in [6, 6.07) is 6.63. The number of amides is 1. The Morgan fingerprint density at radius 3 is 2.57 bits per heavy atom. The summed E-state index contributed by atoms with van der Waals surface area (Å²) >= 11 is 0. The van der Waals surface area contributed by atoms with Crippen LogP contribution >= 0.6 is 0 Å². The number of carbonyl (C=O) groups excluding carboxylic acids is 2. The minimum absolute atomic E-state index is 0.0449. The predicted octanol–water partition coefficient (Wildman–Crippen LogP) is 2.10. The van der Waals surface area contributed by atoms with Gasteiger partial charge in [-0.25, -0.2) is 4.79 Å².